The highest BCUT2D eigenvalue weighted by Crippen LogP contribution is 2.43. The van der Waals surface area contributed by atoms with Crippen LogP contribution in [0.5, 0.6) is 11.5 Å². The van der Waals surface area contributed by atoms with Gasteiger partial charge in [-0.15, -0.1) is 12.4 Å². The number of rotatable bonds is 11. The van der Waals surface area contributed by atoms with Crippen molar-refractivity contribution in [3.05, 3.63) is 22.9 Å². The van der Waals surface area contributed by atoms with E-state index in [2.05, 4.69) is 30.5 Å². The van der Waals surface area contributed by atoms with Crippen molar-refractivity contribution in [1.29, 1.82) is 0 Å². The number of carbonyl (C=O) groups excluding carboxylic acids is 2. The van der Waals surface area contributed by atoms with E-state index in [1.165, 1.54) is 18.1 Å². The Kier molecular flexibility index (Phi) is 11.1. The Bertz CT molecular complexity index is 1420. The molecule has 5 rings (SSSR count). The third kappa shape index (κ3) is 7.37. The Balaban J connectivity index is 0.00000405. The van der Waals surface area contributed by atoms with E-state index in [1.54, 1.807) is 11.8 Å². The highest BCUT2D eigenvalue weighted by Gasteiger charge is 2.29. The van der Waals surface area contributed by atoms with Gasteiger partial charge < -0.3 is 39.9 Å². The molecule has 4 heterocycles. The molecule has 0 unspecified atom stereocenters. The molecule has 0 saturated carbocycles. The summed E-state index contributed by atoms with van der Waals surface area (Å²) in [5.74, 6) is 1.33. The lowest BCUT2D eigenvalue weighted by molar-refractivity contribution is -0.163. The van der Waals surface area contributed by atoms with Gasteiger partial charge in [0.2, 0.25) is 6.79 Å². The van der Waals surface area contributed by atoms with E-state index in [9.17, 15) is 9.59 Å². The number of nitrogens with zero attached hydrogens (tertiary/aromatic N) is 5. The zero-order valence-corrected chi connectivity index (χ0v) is 26.2. The Morgan fingerprint density at radius 1 is 1.21 bits per heavy atom. The van der Waals surface area contributed by atoms with E-state index in [-0.39, 0.29) is 38.3 Å². The summed E-state index contributed by atoms with van der Waals surface area (Å²) < 4.78 is 24.3. The zero-order chi connectivity index (χ0) is 28.9. The first-order valence-corrected chi connectivity index (χ1v) is 14.9. The fourth-order valence-electron chi connectivity index (χ4n) is 4.82. The highest BCUT2D eigenvalue weighted by atomic mass is 79.9. The molecule has 0 spiro atoms. The summed E-state index contributed by atoms with van der Waals surface area (Å²) in [4.78, 5) is 40.8. The van der Waals surface area contributed by atoms with Gasteiger partial charge in [-0.2, -0.15) is 0 Å². The fourth-order valence-corrected chi connectivity index (χ4v) is 6.33. The summed E-state index contributed by atoms with van der Waals surface area (Å²) in [6, 6.07) is 3.81. The van der Waals surface area contributed by atoms with Gasteiger partial charge in [-0.3, -0.25) is 4.79 Å². The monoisotopic (exact) mass is 685 g/mol. The molecule has 2 aliphatic heterocycles. The predicted molar refractivity (Wildman–Crippen MR) is 161 cm³/mol. The standard InChI is InChI=1S/C26H32BrN7O6S.ClH/c1-15(40-21(35)12-37-9-5-28)25(36)33-6-2-16(3-7-33)4-8-34-24-22(23(29)30-13-31-24)32-26(34)41-20-11-19-18(10-17(20)27)38-14-39-19;/h10-11,13,15-16H,2-9,12,14,28H2,1H3,(H2,29,30,31);1H/t15-;/m0./s1. The maximum atomic E-state index is 12.8. The molecule has 1 amide bonds. The molecule has 42 heavy (non-hydrogen) atoms. The molecule has 1 fully saturated rings. The van der Waals surface area contributed by atoms with Crippen molar-refractivity contribution in [2.75, 3.05) is 45.4 Å². The van der Waals surface area contributed by atoms with Crippen LogP contribution < -0.4 is 20.9 Å². The number of piperidine rings is 1. The number of fused-ring (bicyclic) bond motifs is 2. The number of aromatic nitrogens is 4. The molecular weight excluding hydrogens is 654 g/mol. The van der Waals surface area contributed by atoms with E-state index in [1.807, 2.05) is 12.1 Å². The molecular formula is C26H33BrClN7O6S. The minimum Gasteiger partial charge on any atom is -0.454 e. The second-order valence-electron chi connectivity index (χ2n) is 9.75. The van der Waals surface area contributed by atoms with Gasteiger partial charge in [-0.1, -0.05) is 11.8 Å². The van der Waals surface area contributed by atoms with Gasteiger partial charge in [-0.05, 0) is 60.2 Å². The second kappa shape index (κ2) is 14.6. The highest BCUT2D eigenvalue weighted by molar-refractivity contribution is 9.10. The number of esters is 1. The van der Waals surface area contributed by atoms with Crippen LogP contribution in [-0.4, -0.2) is 82.0 Å². The SMILES string of the molecule is C[C@H](OC(=O)COCCN)C(=O)N1CCC(CCn2c(Sc3cc4c(cc3Br)OCO4)nc3c(N)ncnc32)CC1.Cl. The maximum absolute atomic E-state index is 12.8. The third-order valence-electron chi connectivity index (χ3n) is 6.98. The van der Waals surface area contributed by atoms with E-state index >= 15 is 0 Å². The number of aryl methyl sites for hydroxylation is 1. The van der Waals surface area contributed by atoms with E-state index < -0.39 is 12.1 Å². The van der Waals surface area contributed by atoms with Crippen LogP contribution in [0.15, 0.2) is 33.0 Å². The van der Waals surface area contributed by atoms with Crippen LogP contribution in [0.1, 0.15) is 26.2 Å². The number of hydrogen-bond donors (Lipinski definition) is 2. The van der Waals surface area contributed by atoms with Crippen LogP contribution in [0.25, 0.3) is 11.2 Å². The number of benzene rings is 1. The number of nitrogen functional groups attached to an aromatic ring is 1. The molecule has 1 aromatic carbocycles. The molecule has 2 aromatic heterocycles. The van der Waals surface area contributed by atoms with Gasteiger partial charge in [0, 0.05) is 35.5 Å². The minimum absolute atomic E-state index is 0. The van der Waals surface area contributed by atoms with E-state index in [0.29, 0.717) is 60.6 Å². The van der Waals surface area contributed by atoms with Gasteiger partial charge in [0.15, 0.2) is 39.7 Å². The largest absolute Gasteiger partial charge is 0.454 e. The quantitative estimate of drug-likeness (QED) is 0.224. The predicted octanol–water partition coefficient (Wildman–Crippen LogP) is 3.01. The summed E-state index contributed by atoms with van der Waals surface area (Å²) in [5, 5.41) is 0.741. The van der Waals surface area contributed by atoms with Crippen molar-refractivity contribution in [1.82, 2.24) is 24.4 Å². The second-order valence-corrected chi connectivity index (χ2v) is 11.6. The molecule has 0 aliphatic carbocycles. The zero-order valence-electron chi connectivity index (χ0n) is 23.0. The van der Waals surface area contributed by atoms with Crippen molar-refractivity contribution in [3.63, 3.8) is 0 Å². The number of nitrogens with two attached hydrogens (primary N) is 2. The summed E-state index contributed by atoms with van der Waals surface area (Å²) in [6.45, 7) is 4.00. The molecule has 1 atom stereocenters. The van der Waals surface area contributed by atoms with Gasteiger partial charge in [-0.25, -0.2) is 19.7 Å². The van der Waals surface area contributed by atoms with Crippen LogP contribution in [-0.2, 0) is 25.6 Å². The van der Waals surface area contributed by atoms with Crippen molar-refractivity contribution >= 4 is 69.0 Å². The first-order valence-electron chi connectivity index (χ1n) is 13.3. The molecule has 13 nitrogen and oxygen atoms in total. The molecule has 16 heteroatoms. The van der Waals surface area contributed by atoms with Crippen molar-refractivity contribution in [3.8, 4) is 11.5 Å². The summed E-state index contributed by atoms with van der Waals surface area (Å²) >= 11 is 5.11. The van der Waals surface area contributed by atoms with Crippen LogP contribution in [0.4, 0.5) is 5.82 Å². The van der Waals surface area contributed by atoms with Crippen molar-refractivity contribution < 1.29 is 28.5 Å². The van der Waals surface area contributed by atoms with Crippen molar-refractivity contribution in [2.45, 2.75) is 48.9 Å². The van der Waals surface area contributed by atoms with Crippen LogP contribution in [0.2, 0.25) is 0 Å². The fraction of sp³-hybridized carbons (Fsp3) is 0.500. The molecule has 0 bridgehead atoms. The molecule has 2 aliphatic rings. The lowest BCUT2D eigenvalue weighted by Crippen LogP contribution is -2.44. The number of amides is 1. The minimum atomic E-state index is -0.863. The number of carbonyl (C=O) groups is 2. The number of halogens is 2. The number of anilines is 1. The average molecular weight is 687 g/mol. The van der Waals surface area contributed by atoms with Gasteiger partial charge in [0.1, 0.15) is 12.9 Å². The Morgan fingerprint density at radius 2 is 1.95 bits per heavy atom. The maximum Gasteiger partial charge on any atom is 0.332 e. The summed E-state index contributed by atoms with van der Waals surface area (Å²) in [5.41, 5.74) is 12.7. The number of hydrogen-bond acceptors (Lipinski definition) is 12. The topological polar surface area (TPSA) is 170 Å². The molecule has 228 valence electrons. The van der Waals surface area contributed by atoms with Crippen LogP contribution in [0, 0.1) is 5.92 Å². The lowest BCUT2D eigenvalue weighted by Gasteiger charge is -2.33. The molecule has 4 N–H and O–H groups in total. The summed E-state index contributed by atoms with van der Waals surface area (Å²) in [7, 11) is 0. The number of likely N-dealkylation sites (tertiary alicyclic amines) is 1. The van der Waals surface area contributed by atoms with E-state index in [4.69, 9.17) is 35.4 Å². The Morgan fingerprint density at radius 3 is 2.69 bits per heavy atom. The first kappa shape index (κ1) is 32.1. The average Bonchev–Trinajstić information content (AvgIpc) is 3.56. The Hall–Kier alpha value is -2.85. The third-order valence-corrected chi connectivity index (χ3v) is 8.95. The molecule has 0 radical (unpaired) electrons. The van der Waals surface area contributed by atoms with Crippen molar-refractivity contribution in [2.24, 2.45) is 11.7 Å². The van der Waals surface area contributed by atoms with Gasteiger partial charge in [0.05, 0.1) is 6.61 Å². The number of imidazole rings is 1. The lowest BCUT2D eigenvalue weighted by atomic mass is 9.93. The first-order chi connectivity index (χ1) is 19.8. The normalized spacial score (nSPS) is 15.5. The number of ether oxygens (including phenoxy) is 4. The van der Waals surface area contributed by atoms with Gasteiger partial charge in [0.25, 0.3) is 5.91 Å². The van der Waals surface area contributed by atoms with Crippen LogP contribution >= 0.6 is 40.1 Å². The molecule has 3 aromatic rings. The van der Waals surface area contributed by atoms with Crippen LogP contribution in [0.3, 0.4) is 0 Å². The van der Waals surface area contributed by atoms with Gasteiger partial charge >= 0.3 is 5.97 Å². The van der Waals surface area contributed by atoms with E-state index in [0.717, 1.165) is 33.8 Å². The smallest absolute Gasteiger partial charge is 0.332 e. The Labute approximate surface area is 261 Å². The molecule has 1 saturated heterocycles. The summed E-state index contributed by atoms with van der Waals surface area (Å²) in [6.07, 6.45) is 3.13.